The second-order valence-electron chi connectivity index (χ2n) is 7.70. The molecule has 1 aliphatic rings. The van der Waals surface area contributed by atoms with Crippen LogP contribution in [0.15, 0.2) is 48.8 Å². The monoisotopic (exact) mass is 385 g/mol. The maximum atomic E-state index is 6.36. The second kappa shape index (κ2) is 6.88. The van der Waals surface area contributed by atoms with Crippen LogP contribution in [0, 0.1) is 20.8 Å². The summed E-state index contributed by atoms with van der Waals surface area (Å²) in [6.45, 7) is 6.18. The lowest BCUT2D eigenvalue weighted by Gasteiger charge is -2.16. The van der Waals surface area contributed by atoms with E-state index in [9.17, 15) is 0 Å². The Kier molecular flexibility index (Phi) is 4.19. The first-order valence-electron chi connectivity index (χ1n) is 9.91. The third-order valence-electron chi connectivity index (χ3n) is 5.23. The van der Waals surface area contributed by atoms with Crippen molar-refractivity contribution in [2.24, 2.45) is 0 Å². The third kappa shape index (κ3) is 3.42. The van der Waals surface area contributed by atoms with Crippen molar-refractivity contribution >= 4 is 16.7 Å². The Bertz CT molecular complexity index is 1180. The molecule has 2 heterocycles. The van der Waals surface area contributed by atoms with Crippen molar-refractivity contribution in [3.63, 3.8) is 0 Å². The van der Waals surface area contributed by atoms with Crippen molar-refractivity contribution in [2.45, 2.75) is 39.7 Å². The highest BCUT2D eigenvalue weighted by Crippen LogP contribution is 2.36. The Labute approximate surface area is 169 Å². The highest BCUT2D eigenvalue weighted by atomic mass is 16.5. The predicted octanol–water partition coefficient (Wildman–Crippen LogP) is 5.11. The van der Waals surface area contributed by atoms with Crippen LogP contribution in [0.1, 0.15) is 29.5 Å². The van der Waals surface area contributed by atoms with Crippen LogP contribution in [0.5, 0.6) is 11.5 Å². The Balaban J connectivity index is 1.63. The Morgan fingerprint density at radius 2 is 1.79 bits per heavy atom. The van der Waals surface area contributed by atoms with E-state index < -0.39 is 0 Å². The molecule has 6 nitrogen and oxygen atoms in total. The van der Waals surface area contributed by atoms with Gasteiger partial charge in [-0.1, -0.05) is 18.2 Å². The zero-order chi connectivity index (χ0) is 20.0. The highest BCUT2D eigenvalue weighted by molar-refractivity contribution is 5.91. The summed E-state index contributed by atoms with van der Waals surface area (Å²) in [5, 5.41) is 8.79. The quantitative estimate of drug-likeness (QED) is 0.517. The largest absolute Gasteiger partial charge is 0.457 e. The van der Waals surface area contributed by atoms with Crippen molar-refractivity contribution in [2.75, 3.05) is 5.32 Å². The summed E-state index contributed by atoms with van der Waals surface area (Å²) in [7, 11) is 0. The molecule has 2 aromatic carbocycles. The van der Waals surface area contributed by atoms with Gasteiger partial charge in [-0.05, 0) is 68.5 Å². The fourth-order valence-corrected chi connectivity index (χ4v) is 3.45. The van der Waals surface area contributed by atoms with Crippen LogP contribution in [0.3, 0.4) is 0 Å². The molecule has 1 aliphatic carbocycles. The summed E-state index contributed by atoms with van der Waals surface area (Å²) >= 11 is 0. The van der Waals surface area contributed by atoms with Gasteiger partial charge in [0.05, 0.1) is 5.52 Å². The minimum Gasteiger partial charge on any atom is -0.457 e. The van der Waals surface area contributed by atoms with E-state index in [1.807, 2.05) is 31.3 Å². The normalized spacial score (nSPS) is 13.6. The van der Waals surface area contributed by atoms with Crippen LogP contribution in [-0.2, 0) is 0 Å². The summed E-state index contributed by atoms with van der Waals surface area (Å²) < 4.78 is 8.04. The zero-order valence-electron chi connectivity index (χ0n) is 16.8. The second-order valence-corrected chi connectivity index (χ2v) is 7.70. The number of anilines is 1. The van der Waals surface area contributed by atoms with Gasteiger partial charge >= 0.3 is 0 Å². The first kappa shape index (κ1) is 17.7. The number of fused-ring (bicyclic) bond motifs is 1. The number of aryl methyl sites for hydroxylation is 3. The molecule has 5 rings (SSSR count). The Morgan fingerprint density at radius 1 is 1.00 bits per heavy atom. The maximum absolute atomic E-state index is 6.36. The molecule has 0 spiro atoms. The molecule has 0 bridgehead atoms. The molecular weight excluding hydrogens is 362 g/mol. The number of ether oxygens (including phenoxy) is 1. The Morgan fingerprint density at radius 3 is 2.48 bits per heavy atom. The number of rotatable bonds is 5. The van der Waals surface area contributed by atoms with Gasteiger partial charge in [0.1, 0.15) is 17.3 Å². The smallest absolute Gasteiger partial charge is 0.253 e. The van der Waals surface area contributed by atoms with E-state index in [0.29, 0.717) is 12.0 Å². The minimum absolute atomic E-state index is 0.475. The van der Waals surface area contributed by atoms with Gasteiger partial charge in [-0.25, -0.2) is 9.67 Å². The van der Waals surface area contributed by atoms with E-state index in [1.165, 1.54) is 12.8 Å². The molecule has 1 saturated carbocycles. The van der Waals surface area contributed by atoms with Crippen LogP contribution in [0.4, 0.5) is 5.82 Å². The molecule has 29 heavy (non-hydrogen) atoms. The molecule has 1 fully saturated rings. The molecule has 0 saturated heterocycles. The Hall–Kier alpha value is -3.41. The molecule has 1 N–H and O–H groups in total. The summed E-state index contributed by atoms with van der Waals surface area (Å²) in [6, 6.07) is 12.6. The first-order chi connectivity index (χ1) is 14.1. The molecule has 0 aliphatic heterocycles. The van der Waals surface area contributed by atoms with Gasteiger partial charge in [0.25, 0.3) is 5.95 Å². The minimum atomic E-state index is 0.475. The maximum Gasteiger partial charge on any atom is 0.253 e. The summed E-state index contributed by atoms with van der Waals surface area (Å²) in [5.41, 5.74) is 4.14. The number of para-hydroxylation sites is 1. The van der Waals surface area contributed by atoms with Crippen molar-refractivity contribution < 1.29 is 4.74 Å². The van der Waals surface area contributed by atoms with E-state index in [4.69, 9.17) is 14.7 Å². The topological polar surface area (TPSA) is 64.9 Å². The van der Waals surface area contributed by atoms with Gasteiger partial charge in [-0.15, -0.1) is 0 Å². The van der Waals surface area contributed by atoms with Crippen LogP contribution in [0.2, 0.25) is 0 Å². The number of hydrogen-bond donors (Lipinski definition) is 1. The lowest BCUT2D eigenvalue weighted by Crippen LogP contribution is -2.09. The fraction of sp³-hybridized carbons (Fsp3) is 0.261. The number of hydrogen-bond acceptors (Lipinski definition) is 5. The zero-order valence-corrected chi connectivity index (χ0v) is 16.8. The van der Waals surface area contributed by atoms with Crippen molar-refractivity contribution in [3.05, 3.63) is 65.5 Å². The highest BCUT2D eigenvalue weighted by Gasteiger charge is 2.23. The van der Waals surface area contributed by atoms with Gasteiger partial charge in [0, 0.05) is 23.8 Å². The molecule has 146 valence electrons. The molecule has 6 heteroatoms. The standard InChI is InChI=1S/C23H23N5O/c1-14-6-4-7-15(2)21(14)29-20-13-18-19(12-16(20)3)26-23(28-11-5-10-24-28)27-22(18)25-17-8-9-17/h4-7,10-13,17H,8-9H2,1-3H3,(H,25,26,27). The van der Waals surface area contributed by atoms with Crippen LogP contribution >= 0.6 is 0 Å². The predicted molar refractivity (Wildman–Crippen MR) is 114 cm³/mol. The average molecular weight is 385 g/mol. The van der Waals surface area contributed by atoms with Gasteiger partial charge < -0.3 is 10.1 Å². The van der Waals surface area contributed by atoms with Gasteiger partial charge in [0.15, 0.2) is 0 Å². The van der Waals surface area contributed by atoms with Gasteiger partial charge in [-0.3, -0.25) is 0 Å². The molecule has 0 radical (unpaired) electrons. The first-order valence-corrected chi connectivity index (χ1v) is 9.91. The van der Waals surface area contributed by atoms with E-state index in [1.54, 1.807) is 10.9 Å². The lowest BCUT2D eigenvalue weighted by atomic mass is 10.1. The lowest BCUT2D eigenvalue weighted by molar-refractivity contribution is 0.472. The van der Waals surface area contributed by atoms with Crippen LogP contribution < -0.4 is 10.1 Å². The van der Waals surface area contributed by atoms with E-state index in [0.717, 1.165) is 44.9 Å². The fourth-order valence-electron chi connectivity index (χ4n) is 3.45. The number of nitrogens with one attached hydrogen (secondary N) is 1. The third-order valence-corrected chi connectivity index (χ3v) is 5.23. The number of nitrogens with zero attached hydrogens (tertiary/aromatic N) is 4. The van der Waals surface area contributed by atoms with E-state index >= 15 is 0 Å². The van der Waals surface area contributed by atoms with Crippen LogP contribution in [-0.4, -0.2) is 25.8 Å². The summed E-state index contributed by atoms with van der Waals surface area (Å²) in [6.07, 6.45) is 5.92. The van der Waals surface area contributed by atoms with Gasteiger partial charge in [-0.2, -0.15) is 10.1 Å². The number of aromatic nitrogens is 4. The number of benzene rings is 2. The van der Waals surface area contributed by atoms with Gasteiger partial charge in [0.2, 0.25) is 0 Å². The molecule has 0 amide bonds. The van der Waals surface area contributed by atoms with E-state index in [-0.39, 0.29) is 0 Å². The van der Waals surface area contributed by atoms with Crippen molar-refractivity contribution in [1.29, 1.82) is 0 Å². The molecule has 4 aromatic rings. The molecule has 0 unspecified atom stereocenters. The van der Waals surface area contributed by atoms with Crippen molar-refractivity contribution in [3.8, 4) is 17.4 Å². The van der Waals surface area contributed by atoms with E-state index in [2.05, 4.69) is 42.5 Å². The molecule has 2 aromatic heterocycles. The molecule has 0 atom stereocenters. The average Bonchev–Trinajstić information content (AvgIpc) is 3.34. The molecular formula is C23H23N5O. The van der Waals surface area contributed by atoms with Crippen LogP contribution in [0.25, 0.3) is 16.9 Å². The SMILES string of the molecule is Cc1cc2nc(-n3cccn3)nc(NC3CC3)c2cc1Oc1c(C)cccc1C. The summed E-state index contributed by atoms with van der Waals surface area (Å²) in [5.74, 6) is 3.12. The van der Waals surface area contributed by atoms with Crippen molar-refractivity contribution in [1.82, 2.24) is 19.7 Å². The summed E-state index contributed by atoms with van der Waals surface area (Å²) in [4.78, 5) is 9.50.